The molecule has 0 atom stereocenters. The fraction of sp³-hybridized carbons (Fsp3) is 0. The van der Waals surface area contributed by atoms with E-state index in [-0.39, 0.29) is 34.6 Å². The standard InChI is InChI=1S/C3H6N6.CH2O3.Co/c4-1-7-2(5)9-3(6)8-1;2-1(3)4;/h(H6,4,5,6,7,8,9);(H2,2,3,4);. The number of hydrogen-bond donors (Lipinski definition) is 5. The van der Waals surface area contributed by atoms with E-state index in [1.54, 1.807) is 0 Å². The van der Waals surface area contributed by atoms with Crippen LogP contribution >= 0.6 is 0 Å². The molecule has 0 aliphatic heterocycles. The first-order valence-corrected chi connectivity index (χ1v) is 2.86. The molecule has 0 fully saturated rings. The van der Waals surface area contributed by atoms with E-state index < -0.39 is 6.16 Å². The zero-order valence-electron chi connectivity index (χ0n) is 6.71. The van der Waals surface area contributed by atoms with E-state index >= 15 is 0 Å². The molecular weight excluding hydrogens is 239 g/mol. The molecule has 0 aliphatic carbocycles. The fourth-order valence-corrected chi connectivity index (χ4v) is 0.427. The van der Waals surface area contributed by atoms with Crippen molar-refractivity contribution in [1.82, 2.24) is 15.0 Å². The molecule has 1 aromatic rings. The molecule has 1 aromatic heterocycles. The van der Waals surface area contributed by atoms with Gasteiger partial charge in [0.25, 0.3) is 0 Å². The Kier molecular flexibility index (Phi) is 7.01. The molecule has 0 unspecified atom stereocenters. The Bertz CT molecular complexity index is 253. The summed E-state index contributed by atoms with van der Waals surface area (Å²) in [7, 11) is 0. The summed E-state index contributed by atoms with van der Waals surface area (Å²) in [5.74, 6) is 0.125. The Balaban J connectivity index is 0. The van der Waals surface area contributed by atoms with Gasteiger partial charge in [-0.25, -0.2) is 4.79 Å². The second-order valence-corrected chi connectivity index (χ2v) is 1.69. The summed E-state index contributed by atoms with van der Waals surface area (Å²) in [6.07, 6.45) is -1.83. The first-order valence-electron chi connectivity index (χ1n) is 2.86. The average molecular weight is 247 g/mol. The molecule has 0 saturated heterocycles. The molecule has 1 heterocycles. The van der Waals surface area contributed by atoms with Gasteiger partial charge in [-0.15, -0.1) is 0 Å². The minimum absolute atomic E-state index is 0. The second kappa shape index (κ2) is 6.68. The maximum atomic E-state index is 8.56. The zero-order chi connectivity index (χ0) is 10.4. The van der Waals surface area contributed by atoms with Gasteiger partial charge in [-0.2, -0.15) is 15.0 Å². The number of carboxylic acid groups (broad SMARTS) is 2. The van der Waals surface area contributed by atoms with Gasteiger partial charge >= 0.3 is 6.16 Å². The summed E-state index contributed by atoms with van der Waals surface area (Å²) in [6, 6.07) is 0. The Labute approximate surface area is 88.6 Å². The molecule has 9 nitrogen and oxygen atoms in total. The quantitative estimate of drug-likeness (QED) is 0.378. The van der Waals surface area contributed by atoms with Crippen LogP contribution in [0.15, 0.2) is 0 Å². The molecule has 14 heavy (non-hydrogen) atoms. The van der Waals surface area contributed by atoms with Crippen LogP contribution in [0.25, 0.3) is 0 Å². The number of carbonyl (C=O) groups is 1. The third kappa shape index (κ3) is 8.28. The van der Waals surface area contributed by atoms with Gasteiger partial charge in [0.1, 0.15) is 0 Å². The average Bonchev–Trinajstić information content (AvgIpc) is 1.80. The van der Waals surface area contributed by atoms with Crippen LogP contribution in [-0.2, 0) is 16.8 Å². The van der Waals surface area contributed by atoms with Crippen molar-refractivity contribution in [1.29, 1.82) is 0 Å². The van der Waals surface area contributed by atoms with Crippen LogP contribution in [0.2, 0.25) is 0 Å². The van der Waals surface area contributed by atoms with Gasteiger partial charge in [0.15, 0.2) is 0 Å². The van der Waals surface area contributed by atoms with Crippen LogP contribution in [0.1, 0.15) is 0 Å². The van der Waals surface area contributed by atoms with Crippen LogP contribution in [0.3, 0.4) is 0 Å². The molecule has 0 aliphatic rings. The first-order chi connectivity index (χ1) is 5.91. The summed E-state index contributed by atoms with van der Waals surface area (Å²) in [6.45, 7) is 0. The first kappa shape index (κ1) is 14.7. The van der Waals surface area contributed by atoms with Crippen LogP contribution in [0.4, 0.5) is 22.6 Å². The third-order valence-corrected chi connectivity index (χ3v) is 0.687. The molecule has 81 valence electrons. The molecule has 0 amide bonds. The minimum Gasteiger partial charge on any atom is -0.450 e. The Morgan fingerprint density at radius 3 is 1.21 bits per heavy atom. The number of aromatic nitrogens is 3. The molecule has 1 radical (unpaired) electrons. The van der Waals surface area contributed by atoms with Gasteiger partial charge in [-0.05, 0) is 0 Å². The Morgan fingerprint density at radius 2 is 1.07 bits per heavy atom. The zero-order valence-corrected chi connectivity index (χ0v) is 7.75. The number of hydrogen-bond acceptors (Lipinski definition) is 7. The maximum absolute atomic E-state index is 8.56. The third-order valence-electron chi connectivity index (χ3n) is 0.687. The van der Waals surface area contributed by atoms with Crippen molar-refractivity contribution in [2.75, 3.05) is 17.2 Å². The van der Waals surface area contributed by atoms with E-state index in [4.69, 9.17) is 32.2 Å². The summed E-state index contributed by atoms with van der Waals surface area (Å²) >= 11 is 0. The van der Waals surface area contributed by atoms with Crippen LogP contribution in [0, 0.1) is 0 Å². The number of nitrogens with zero attached hydrogens (tertiary/aromatic N) is 3. The van der Waals surface area contributed by atoms with Crippen LogP contribution < -0.4 is 17.2 Å². The van der Waals surface area contributed by atoms with Gasteiger partial charge in [0.2, 0.25) is 17.8 Å². The van der Waals surface area contributed by atoms with Gasteiger partial charge in [-0.1, -0.05) is 0 Å². The maximum Gasteiger partial charge on any atom is 0.503 e. The smallest absolute Gasteiger partial charge is 0.450 e. The van der Waals surface area contributed by atoms with Crippen molar-refractivity contribution in [2.45, 2.75) is 0 Å². The molecule has 1 rings (SSSR count). The van der Waals surface area contributed by atoms with Gasteiger partial charge in [0, 0.05) is 16.8 Å². The van der Waals surface area contributed by atoms with Crippen molar-refractivity contribution < 1.29 is 31.8 Å². The van der Waals surface area contributed by atoms with E-state index in [0.717, 1.165) is 0 Å². The summed E-state index contributed by atoms with van der Waals surface area (Å²) in [4.78, 5) is 19.0. The number of rotatable bonds is 0. The predicted molar refractivity (Wildman–Crippen MR) is 43.7 cm³/mol. The Hall–Kier alpha value is -1.81. The monoisotopic (exact) mass is 247 g/mol. The predicted octanol–water partition coefficient (Wildman–Crippen LogP) is -1.16. The van der Waals surface area contributed by atoms with E-state index in [1.807, 2.05) is 0 Å². The molecule has 0 spiro atoms. The normalized spacial score (nSPS) is 7.71. The molecule has 10 heteroatoms. The summed E-state index contributed by atoms with van der Waals surface area (Å²) in [5.41, 5.74) is 15.4. The van der Waals surface area contributed by atoms with Crippen LogP contribution in [-0.4, -0.2) is 31.3 Å². The van der Waals surface area contributed by atoms with E-state index in [0.29, 0.717) is 0 Å². The van der Waals surface area contributed by atoms with Crippen molar-refractivity contribution in [3.05, 3.63) is 0 Å². The van der Waals surface area contributed by atoms with Gasteiger partial charge in [0.05, 0.1) is 0 Å². The van der Waals surface area contributed by atoms with E-state index in [9.17, 15) is 0 Å². The topological polar surface area (TPSA) is 174 Å². The Morgan fingerprint density at radius 1 is 0.929 bits per heavy atom. The van der Waals surface area contributed by atoms with Gasteiger partial charge in [-0.3, -0.25) is 0 Å². The number of nitrogen functional groups attached to an aromatic ring is 3. The van der Waals surface area contributed by atoms with E-state index in [1.165, 1.54) is 0 Å². The molecule has 8 N–H and O–H groups in total. The molecule has 0 bridgehead atoms. The molecule has 0 saturated carbocycles. The molecule has 0 aromatic carbocycles. The summed E-state index contributed by atoms with van der Waals surface area (Å²) in [5, 5.41) is 13.9. The van der Waals surface area contributed by atoms with Crippen molar-refractivity contribution >= 4 is 24.0 Å². The fourth-order valence-electron chi connectivity index (χ4n) is 0.427. The van der Waals surface area contributed by atoms with Crippen molar-refractivity contribution in [3.8, 4) is 0 Å². The number of nitrogens with two attached hydrogens (primary N) is 3. The van der Waals surface area contributed by atoms with Crippen molar-refractivity contribution in [2.24, 2.45) is 0 Å². The second-order valence-electron chi connectivity index (χ2n) is 1.69. The summed E-state index contributed by atoms with van der Waals surface area (Å²) < 4.78 is 0. The van der Waals surface area contributed by atoms with E-state index in [2.05, 4.69) is 15.0 Å². The molecular formula is C4H8CoN6O3. The van der Waals surface area contributed by atoms with Crippen molar-refractivity contribution in [3.63, 3.8) is 0 Å². The SMILES string of the molecule is Nc1nc(N)nc(N)n1.O=C(O)O.[Co]. The minimum atomic E-state index is -1.83. The largest absolute Gasteiger partial charge is 0.503 e. The van der Waals surface area contributed by atoms with Gasteiger partial charge < -0.3 is 27.4 Å². The van der Waals surface area contributed by atoms with Crippen LogP contribution in [0.5, 0.6) is 0 Å². The number of anilines is 3.